The second-order valence-electron chi connectivity index (χ2n) is 4.37. The number of hydrogen-bond donors (Lipinski definition) is 1. The zero-order valence-corrected chi connectivity index (χ0v) is 9.33. The molecule has 2 nitrogen and oxygen atoms in total. The second-order valence-corrected chi connectivity index (χ2v) is 4.37. The van der Waals surface area contributed by atoms with Crippen LogP contribution in [-0.2, 0) is 6.42 Å². The fraction of sp³-hybridized carbons (Fsp3) is 0.538. The van der Waals surface area contributed by atoms with Crippen molar-refractivity contribution >= 4 is 5.69 Å². The first-order valence-electron chi connectivity index (χ1n) is 5.80. The maximum absolute atomic E-state index is 5.81. The van der Waals surface area contributed by atoms with Crippen molar-refractivity contribution in [1.29, 1.82) is 0 Å². The number of anilines is 1. The first kappa shape index (κ1) is 10.3. The van der Waals surface area contributed by atoms with Crippen LogP contribution in [-0.4, -0.2) is 6.61 Å². The van der Waals surface area contributed by atoms with E-state index in [-0.39, 0.29) is 0 Å². The molecule has 0 saturated heterocycles. The molecule has 82 valence electrons. The van der Waals surface area contributed by atoms with Gasteiger partial charge in [0.1, 0.15) is 5.75 Å². The lowest BCUT2D eigenvalue weighted by molar-refractivity contribution is 0.297. The molecule has 0 atom stereocenters. The topological polar surface area (TPSA) is 35.2 Å². The molecule has 2 heteroatoms. The maximum atomic E-state index is 5.81. The molecule has 1 aromatic carbocycles. The number of aryl methyl sites for hydroxylation is 1. The third-order valence-electron chi connectivity index (χ3n) is 2.78. The minimum Gasteiger partial charge on any atom is -0.493 e. The molecule has 0 unspecified atom stereocenters. The molecule has 0 spiro atoms. The Morgan fingerprint density at radius 3 is 2.87 bits per heavy atom. The summed E-state index contributed by atoms with van der Waals surface area (Å²) in [7, 11) is 0. The van der Waals surface area contributed by atoms with Gasteiger partial charge < -0.3 is 10.5 Å². The highest BCUT2D eigenvalue weighted by Crippen LogP contribution is 2.31. The summed E-state index contributed by atoms with van der Waals surface area (Å²) >= 11 is 0. The normalized spacial score (nSPS) is 15.3. The lowest BCUT2D eigenvalue weighted by Crippen LogP contribution is -2.02. The Hall–Kier alpha value is -1.18. The predicted molar refractivity (Wildman–Crippen MR) is 63.1 cm³/mol. The van der Waals surface area contributed by atoms with Crippen molar-refractivity contribution in [3.8, 4) is 5.75 Å². The van der Waals surface area contributed by atoms with E-state index < -0.39 is 0 Å². The Morgan fingerprint density at radius 2 is 2.20 bits per heavy atom. The van der Waals surface area contributed by atoms with Gasteiger partial charge in [-0.05, 0) is 36.8 Å². The van der Waals surface area contributed by atoms with E-state index in [0.717, 1.165) is 36.8 Å². The summed E-state index contributed by atoms with van der Waals surface area (Å²) in [6.45, 7) is 3.04. The van der Waals surface area contributed by atoms with Gasteiger partial charge in [-0.1, -0.05) is 19.4 Å². The van der Waals surface area contributed by atoms with Crippen LogP contribution in [0.15, 0.2) is 18.2 Å². The molecule has 2 N–H and O–H groups in total. The van der Waals surface area contributed by atoms with Gasteiger partial charge in [0.05, 0.1) is 6.61 Å². The molecule has 1 aromatic rings. The van der Waals surface area contributed by atoms with Crippen molar-refractivity contribution in [2.24, 2.45) is 5.92 Å². The van der Waals surface area contributed by atoms with Gasteiger partial charge in [-0.2, -0.15) is 0 Å². The quantitative estimate of drug-likeness (QED) is 0.750. The molecule has 1 saturated carbocycles. The van der Waals surface area contributed by atoms with Crippen LogP contribution < -0.4 is 10.5 Å². The van der Waals surface area contributed by atoms with E-state index in [1.165, 1.54) is 18.4 Å². The van der Waals surface area contributed by atoms with E-state index in [1.807, 2.05) is 12.1 Å². The number of nitrogens with two attached hydrogens (primary N) is 1. The Bertz CT molecular complexity index is 331. The van der Waals surface area contributed by atoms with Crippen molar-refractivity contribution in [1.82, 2.24) is 0 Å². The van der Waals surface area contributed by atoms with Crippen molar-refractivity contribution in [3.63, 3.8) is 0 Å². The third-order valence-corrected chi connectivity index (χ3v) is 2.78. The predicted octanol–water partition coefficient (Wildman–Crippen LogP) is 3.01. The Labute approximate surface area is 91.4 Å². The van der Waals surface area contributed by atoms with Crippen LogP contribution in [0.1, 0.15) is 31.7 Å². The summed E-state index contributed by atoms with van der Waals surface area (Å²) in [6, 6.07) is 5.99. The molecular formula is C13H19NO. The van der Waals surface area contributed by atoms with Crippen LogP contribution in [0.3, 0.4) is 0 Å². The van der Waals surface area contributed by atoms with Crippen LogP contribution in [0, 0.1) is 5.92 Å². The molecule has 1 aliphatic rings. The first-order chi connectivity index (χ1) is 7.29. The standard InChI is InChI=1S/C13H19NO/c1-2-3-11-6-7-12(14)8-13(11)15-9-10-4-5-10/h6-8,10H,2-5,9,14H2,1H3. The Kier molecular flexibility index (Phi) is 3.14. The van der Waals surface area contributed by atoms with Crippen molar-refractivity contribution < 1.29 is 4.74 Å². The zero-order chi connectivity index (χ0) is 10.7. The first-order valence-corrected chi connectivity index (χ1v) is 5.80. The van der Waals surface area contributed by atoms with Crippen LogP contribution in [0.25, 0.3) is 0 Å². The Balaban J connectivity index is 2.05. The summed E-state index contributed by atoms with van der Waals surface area (Å²) in [6.07, 6.45) is 4.86. The molecule has 2 rings (SSSR count). The summed E-state index contributed by atoms with van der Waals surface area (Å²) in [4.78, 5) is 0. The van der Waals surface area contributed by atoms with Gasteiger partial charge in [-0.25, -0.2) is 0 Å². The van der Waals surface area contributed by atoms with Crippen molar-refractivity contribution in [3.05, 3.63) is 23.8 Å². The van der Waals surface area contributed by atoms with E-state index in [2.05, 4.69) is 13.0 Å². The molecule has 0 aromatic heterocycles. The van der Waals surface area contributed by atoms with E-state index >= 15 is 0 Å². The lowest BCUT2D eigenvalue weighted by Gasteiger charge is -2.11. The van der Waals surface area contributed by atoms with Gasteiger partial charge in [0.15, 0.2) is 0 Å². The molecular weight excluding hydrogens is 186 g/mol. The van der Waals surface area contributed by atoms with Crippen molar-refractivity contribution in [2.45, 2.75) is 32.6 Å². The van der Waals surface area contributed by atoms with Crippen LogP contribution in [0.2, 0.25) is 0 Å². The molecule has 1 aliphatic carbocycles. The third kappa shape index (κ3) is 2.88. The zero-order valence-electron chi connectivity index (χ0n) is 9.33. The van der Waals surface area contributed by atoms with Crippen molar-refractivity contribution in [2.75, 3.05) is 12.3 Å². The molecule has 0 bridgehead atoms. The fourth-order valence-corrected chi connectivity index (χ4v) is 1.67. The monoisotopic (exact) mass is 205 g/mol. The molecule has 0 amide bonds. The summed E-state index contributed by atoms with van der Waals surface area (Å²) < 4.78 is 5.81. The number of hydrogen-bond acceptors (Lipinski definition) is 2. The number of nitrogen functional groups attached to an aromatic ring is 1. The Morgan fingerprint density at radius 1 is 1.40 bits per heavy atom. The SMILES string of the molecule is CCCc1ccc(N)cc1OCC1CC1. The van der Waals surface area contributed by atoms with E-state index in [9.17, 15) is 0 Å². The molecule has 15 heavy (non-hydrogen) atoms. The average molecular weight is 205 g/mol. The summed E-state index contributed by atoms with van der Waals surface area (Å²) in [5, 5.41) is 0. The van der Waals surface area contributed by atoms with Crippen LogP contribution >= 0.6 is 0 Å². The van der Waals surface area contributed by atoms with E-state index in [1.54, 1.807) is 0 Å². The van der Waals surface area contributed by atoms with Crippen LogP contribution in [0.5, 0.6) is 5.75 Å². The number of ether oxygens (including phenoxy) is 1. The molecule has 0 radical (unpaired) electrons. The van der Waals surface area contributed by atoms with Gasteiger partial charge in [0, 0.05) is 11.8 Å². The highest BCUT2D eigenvalue weighted by Gasteiger charge is 2.22. The van der Waals surface area contributed by atoms with Gasteiger partial charge in [-0.3, -0.25) is 0 Å². The van der Waals surface area contributed by atoms with E-state index in [0.29, 0.717) is 0 Å². The lowest BCUT2D eigenvalue weighted by atomic mass is 10.1. The summed E-state index contributed by atoms with van der Waals surface area (Å²) in [5.41, 5.74) is 7.84. The van der Waals surface area contributed by atoms with Crippen LogP contribution in [0.4, 0.5) is 5.69 Å². The van der Waals surface area contributed by atoms with E-state index in [4.69, 9.17) is 10.5 Å². The molecule has 1 fully saturated rings. The number of benzene rings is 1. The van der Waals surface area contributed by atoms with Gasteiger partial charge >= 0.3 is 0 Å². The largest absolute Gasteiger partial charge is 0.493 e. The highest BCUT2D eigenvalue weighted by molar-refractivity contribution is 5.48. The average Bonchev–Trinajstić information content (AvgIpc) is 3.02. The maximum Gasteiger partial charge on any atom is 0.124 e. The molecule has 0 aliphatic heterocycles. The minimum absolute atomic E-state index is 0.792. The number of rotatable bonds is 5. The molecule has 0 heterocycles. The highest BCUT2D eigenvalue weighted by atomic mass is 16.5. The van der Waals surface area contributed by atoms with Gasteiger partial charge in [-0.15, -0.1) is 0 Å². The van der Waals surface area contributed by atoms with Gasteiger partial charge in [0.2, 0.25) is 0 Å². The minimum atomic E-state index is 0.792. The second kappa shape index (κ2) is 4.56. The van der Waals surface area contributed by atoms with Gasteiger partial charge in [0.25, 0.3) is 0 Å². The smallest absolute Gasteiger partial charge is 0.124 e. The summed E-state index contributed by atoms with van der Waals surface area (Å²) in [5.74, 6) is 1.78. The fourth-order valence-electron chi connectivity index (χ4n) is 1.67.